The first-order valence-corrected chi connectivity index (χ1v) is 7.14. The number of pyridine rings is 1. The monoisotopic (exact) mass is 305 g/mol. The van der Waals surface area contributed by atoms with Gasteiger partial charge in [-0.1, -0.05) is 22.0 Å². The second-order valence-electron chi connectivity index (χ2n) is 4.78. The van der Waals surface area contributed by atoms with Crippen molar-refractivity contribution < 1.29 is 0 Å². The average molecular weight is 306 g/mol. The lowest BCUT2D eigenvalue weighted by Crippen LogP contribution is -2.30. The molecule has 18 heavy (non-hydrogen) atoms. The van der Waals surface area contributed by atoms with Crippen molar-refractivity contribution in [2.45, 2.75) is 19.3 Å². The zero-order chi connectivity index (χ0) is 12.5. The van der Waals surface area contributed by atoms with Gasteiger partial charge in [0.15, 0.2) is 0 Å². The quantitative estimate of drug-likeness (QED) is 0.876. The van der Waals surface area contributed by atoms with Crippen LogP contribution >= 0.6 is 15.9 Å². The highest BCUT2D eigenvalue weighted by Crippen LogP contribution is 2.30. The van der Waals surface area contributed by atoms with Gasteiger partial charge in [0, 0.05) is 22.9 Å². The van der Waals surface area contributed by atoms with Crippen molar-refractivity contribution in [3.05, 3.63) is 28.7 Å². The van der Waals surface area contributed by atoms with E-state index in [9.17, 15) is 0 Å². The van der Waals surface area contributed by atoms with Gasteiger partial charge < -0.3 is 10.6 Å². The molecule has 1 saturated heterocycles. The van der Waals surface area contributed by atoms with Gasteiger partial charge in [0.2, 0.25) is 0 Å². The van der Waals surface area contributed by atoms with Gasteiger partial charge >= 0.3 is 0 Å². The molecule has 0 radical (unpaired) electrons. The van der Waals surface area contributed by atoms with Crippen LogP contribution in [0.25, 0.3) is 10.8 Å². The van der Waals surface area contributed by atoms with Crippen molar-refractivity contribution in [1.29, 1.82) is 0 Å². The number of piperidine rings is 1. The summed E-state index contributed by atoms with van der Waals surface area (Å²) in [5.74, 6) is 1.64. The normalized spacial score (nSPS) is 16.2. The number of aromatic nitrogens is 1. The molecule has 1 fully saturated rings. The van der Waals surface area contributed by atoms with E-state index in [1.54, 1.807) is 0 Å². The smallest absolute Gasteiger partial charge is 0.138 e. The molecule has 4 heteroatoms. The van der Waals surface area contributed by atoms with Crippen molar-refractivity contribution in [2.24, 2.45) is 0 Å². The van der Waals surface area contributed by atoms with E-state index in [2.05, 4.69) is 37.9 Å². The van der Waals surface area contributed by atoms with Crippen LogP contribution in [0.3, 0.4) is 0 Å². The van der Waals surface area contributed by atoms with Gasteiger partial charge in [-0.3, -0.25) is 0 Å². The Balaban J connectivity index is 2.16. The lowest BCUT2D eigenvalue weighted by Gasteiger charge is -2.29. The van der Waals surface area contributed by atoms with Gasteiger partial charge in [-0.15, -0.1) is 0 Å². The minimum Gasteiger partial charge on any atom is -0.384 e. The Morgan fingerprint density at radius 1 is 1.11 bits per heavy atom. The average Bonchev–Trinajstić information content (AvgIpc) is 2.39. The molecule has 3 rings (SSSR count). The SMILES string of the molecule is Nc1cc2ccc(Br)cc2c(N2CCCCC2)n1. The number of nitrogen functional groups attached to an aromatic ring is 1. The zero-order valence-electron chi connectivity index (χ0n) is 10.2. The molecule has 0 spiro atoms. The second-order valence-corrected chi connectivity index (χ2v) is 5.70. The number of fused-ring (bicyclic) bond motifs is 1. The minimum atomic E-state index is 0.602. The summed E-state index contributed by atoms with van der Waals surface area (Å²) < 4.78 is 1.08. The molecule has 1 aliphatic heterocycles. The first kappa shape index (κ1) is 11.8. The molecule has 2 N–H and O–H groups in total. The number of hydrogen-bond acceptors (Lipinski definition) is 3. The van der Waals surface area contributed by atoms with Gasteiger partial charge in [-0.2, -0.15) is 0 Å². The van der Waals surface area contributed by atoms with Crippen LogP contribution in [0.2, 0.25) is 0 Å². The molecule has 1 aromatic heterocycles. The van der Waals surface area contributed by atoms with E-state index in [0.717, 1.165) is 28.8 Å². The number of rotatable bonds is 1. The number of hydrogen-bond donors (Lipinski definition) is 1. The van der Waals surface area contributed by atoms with Crippen LogP contribution < -0.4 is 10.6 Å². The van der Waals surface area contributed by atoms with E-state index in [4.69, 9.17) is 5.73 Å². The summed E-state index contributed by atoms with van der Waals surface area (Å²) in [7, 11) is 0. The molecule has 2 heterocycles. The molecule has 0 unspecified atom stereocenters. The molecule has 0 saturated carbocycles. The number of halogens is 1. The topological polar surface area (TPSA) is 42.1 Å². The van der Waals surface area contributed by atoms with Gasteiger partial charge in [-0.25, -0.2) is 4.98 Å². The summed E-state index contributed by atoms with van der Waals surface area (Å²) in [5, 5.41) is 2.34. The summed E-state index contributed by atoms with van der Waals surface area (Å²) >= 11 is 3.53. The Morgan fingerprint density at radius 3 is 2.67 bits per heavy atom. The lowest BCUT2D eigenvalue weighted by atomic mass is 10.1. The third kappa shape index (κ3) is 2.17. The fraction of sp³-hybridized carbons (Fsp3) is 0.357. The molecule has 2 aromatic rings. The highest BCUT2D eigenvalue weighted by Gasteiger charge is 2.15. The van der Waals surface area contributed by atoms with E-state index < -0.39 is 0 Å². The van der Waals surface area contributed by atoms with E-state index >= 15 is 0 Å². The lowest BCUT2D eigenvalue weighted by molar-refractivity contribution is 0.575. The molecule has 0 amide bonds. The third-order valence-electron chi connectivity index (χ3n) is 3.45. The maximum atomic E-state index is 5.92. The van der Waals surface area contributed by atoms with Crippen molar-refractivity contribution in [2.75, 3.05) is 23.7 Å². The number of benzene rings is 1. The molecular weight excluding hydrogens is 290 g/mol. The van der Waals surface area contributed by atoms with Crippen LogP contribution in [0, 0.1) is 0 Å². The summed E-state index contributed by atoms with van der Waals surface area (Å²) in [5.41, 5.74) is 5.92. The van der Waals surface area contributed by atoms with Gasteiger partial charge in [0.05, 0.1) is 0 Å². The highest BCUT2D eigenvalue weighted by molar-refractivity contribution is 9.10. The van der Waals surface area contributed by atoms with Crippen molar-refractivity contribution in [1.82, 2.24) is 4.98 Å². The van der Waals surface area contributed by atoms with Gasteiger partial charge in [-0.05, 0) is 42.8 Å². The van der Waals surface area contributed by atoms with Crippen LogP contribution in [0.4, 0.5) is 11.6 Å². The minimum absolute atomic E-state index is 0.602. The van der Waals surface area contributed by atoms with Crippen LogP contribution in [0.1, 0.15) is 19.3 Å². The Hall–Kier alpha value is -1.29. The predicted octanol–water partition coefficient (Wildman–Crippen LogP) is 3.57. The van der Waals surface area contributed by atoms with Crippen molar-refractivity contribution >= 4 is 38.3 Å². The summed E-state index contributed by atoms with van der Waals surface area (Å²) in [6.07, 6.45) is 3.80. The molecule has 1 aromatic carbocycles. The second kappa shape index (κ2) is 4.76. The Kier molecular flexibility index (Phi) is 3.12. The maximum Gasteiger partial charge on any atom is 0.138 e. The third-order valence-corrected chi connectivity index (χ3v) is 3.94. The highest BCUT2D eigenvalue weighted by atomic mass is 79.9. The summed E-state index contributed by atoms with van der Waals surface area (Å²) in [6, 6.07) is 8.20. The fourth-order valence-corrected chi connectivity index (χ4v) is 2.93. The van der Waals surface area contributed by atoms with E-state index in [0.29, 0.717) is 5.82 Å². The molecule has 3 nitrogen and oxygen atoms in total. The van der Waals surface area contributed by atoms with Gasteiger partial charge in [0.25, 0.3) is 0 Å². The van der Waals surface area contributed by atoms with E-state index in [1.165, 1.54) is 24.6 Å². The molecule has 0 aliphatic carbocycles. The Labute approximate surface area is 115 Å². The zero-order valence-corrected chi connectivity index (χ0v) is 11.8. The van der Waals surface area contributed by atoms with Crippen LogP contribution in [0.5, 0.6) is 0 Å². The van der Waals surface area contributed by atoms with Crippen LogP contribution in [-0.4, -0.2) is 18.1 Å². The molecular formula is C14H16BrN3. The van der Waals surface area contributed by atoms with Crippen molar-refractivity contribution in [3.63, 3.8) is 0 Å². The summed E-state index contributed by atoms with van der Waals surface area (Å²) in [6.45, 7) is 2.16. The molecule has 0 bridgehead atoms. The van der Waals surface area contributed by atoms with Gasteiger partial charge in [0.1, 0.15) is 11.6 Å². The first-order chi connectivity index (χ1) is 8.74. The number of anilines is 2. The molecule has 0 atom stereocenters. The Morgan fingerprint density at radius 2 is 1.89 bits per heavy atom. The summed E-state index contributed by atoms with van der Waals surface area (Å²) in [4.78, 5) is 6.90. The maximum absolute atomic E-state index is 5.92. The Bertz CT molecular complexity index is 577. The van der Waals surface area contributed by atoms with Crippen LogP contribution in [0.15, 0.2) is 28.7 Å². The molecule has 94 valence electrons. The van der Waals surface area contributed by atoms with Crippen molar-refractivity contribution in [3.8, 4) is 0 Å². The van der Waals surface area contributed by atoms with Crippen LogP contribution in [-0.2, 0) is 0 Å². The standard InChI is InChI=1S/C14H16BrN3/c15-11-5-4-10-8-13(16)17-14(12(10)9-11)18-6-2-1-3-7-18/h4-5,8-9H,1-3,6-7H2,(H2,16,17). The first-order valence-electron chi connectivity index (χ1n) is 6.35. The number of nitrogens with two attached hydrogens (primary N) is 1. The number of nitrogens with zero attached hydrogens (tertiary/aromatic N) is 2. The molecule has 1 aliphatic rings. The fourth-order valence-electron chi connectivity index (χ4n) is 2.57. The predicted molar refractivity (Wildman–Crippen MR) is 79.9 cm³/mol. The van der Waals surface area contributed by atoms with E-state index in [-0.39, 0.29) is 0 Å². The largest absolute Gasteiger partial charge is 0.384 e. The van der Waals surface area contributed by atoms with E-state index in [1.807, 2.05) is 12.1 Å².